The zero-order chi connectivity index (χ0) is 17.1. The lowest BCUT2D eigenvalue weighted by Crippen LogP contribution is -2.34. The van der Waals surface area contributed by atoms with Crippen molar-refractivity contribution < 1.29 is 14.0 Å². The van der Waals surface area contributed by atoms with E-state index in [2.05, 4.69) is 5.16 Å². The fraction of sp³-hybridized carbons (Fsp3) is 0.263. The summed E-state index contributed by atoms with van der Waals surface area (Å²) in [7, 11) is 1.72. The normalized spacial score (nSPS) is 17.8. The summed E-state index contributed by atoms with van der Waals surface area (Å²) in [5.41, 5.74) is 2.27. The number of oxime groups is 1. The molecule has 0 saturated carbocycles. The van der Waals surface area contributed by atoms with E-state index in [4.69, 9.17) is 4.84 Å². The first-order chi connectivity index (χ1) is 11.6. The number of halogens is 1. The van der Waals surface area contributed by atoms with Gasteiger partial charge in [0.15, 0.2) is 6.10 Å². The summed E-state index contributed by atoms with van der Waals surface area (Å²) in [5, 5.41) is 3.97. The Morgan fingerprint density at radius 1 is 1.21 bits per heavy atom. The molecular weight excluding hydrogens is 307 g/mol. The number of carbonyl (C=O) groups is 1. The van der Waals surface area contributed by atoms with E-state index in [1.807, 2.05) is 37.3 Å². The number of nitrogens with zero attached hydrogens (tertiary/aromatic N) is 2. The number of amides is 1. The Balaban J connectivity index is 1.67. The monoisotopic (exact) mass is 326 g/mol. The molecule has 1 aliphatic rings. The molecule has 0 aliphatic carbocycles. The fourth-order valence-electron chi connectivity index (χ4n) is 2.69. The third-order valence-electron chi connectivity index (χ3n) is 4.34. The van der Waals surface area contributed by atoms with Crippen molar-refractivity contribution in [2.45, 2.75) is 25.5 Å². The first-order valence-corrected chi connectivity index (χ1v) is 7.86. The van der Waals surface area contributed by atoms with Crippen LogP contribution >= 0.6 is 0 Å². The first-order valence-electron chi connectivity index (χ1n) is 7.86. The Hall–Kier alpha value is -2.69. The van der Waals surface area contributed by atoms with E-state index in [0.717, 1.165) is 11.1 Å². The van der Waals surface area contributed by atoms with E-state index in [0.29, 0.717) is 12.1 Å². The van der Waals surface area contributed by atoms with Crippen LogP contribution in [0, 0.1) is 5.82 Å². The Bertz CT molecular complexity index is 744. The maximum Gasteiger partial charge on any atom is 0.272 e. The average Bonchev–Trinajstić information content (AvgIpc) is 3.11. The number of hydrogen-bond donors (Lipinski definition) is 0. The van der Waals surface area contributed by atoms with Crippen molar-refractivity contribution in [1.82, 2.24) is 4.90 Å². The minimum atomic E-state index is -0.292. The molecule has 0 unspecified atom stereocenters. The molecule has 0 N–H and O–H groups in total. The van der Waals surface area contributed by atoms with Crippen LogP contribution in [0.5, 0.6) is 0 Å². The second-order valence-electron chi connectivity index (χ2n) is 5.89. The lowest BCUT2D eigenvalue weighted by Gasteiger charge is -2.25. The van der Waals surface area contributed by atoms with Crippen LogP contribution in [0.3, 0.4) is 0 Å². The van der Waals surface area contributed by atoms with E-state index < -0.39 is 0 Å². The Morgan fingerprint density at radius 2 is 1.88 bits per heavy atom. The molecule has 1 heterocycles. The van der Waals surface area contributed by atoms with E-state index in [1.54, 1.807) is 24.1 Å². The number of hydrogen-bond acceptors (Lipinski definition) is 3. The van der Waals surface area contributed by atoms with Crippen LogP contribution in [0.2, 0.25) is 0 Å². The average molecular weight is 326 g/mol. The maximum absolute atomic E-state index is 13.0. The fourth-order valence-corrected chi connectivity index (χ4v) is 2.69. The van der Waals surface area contributed by atoms with Crippen LogP contribution < -0.4 is 0 Å². The third-order valence-corrected chi connectivity index (χ3v) is 4.34. The molecule has 2 aromatic rings. The van der Waals surface area contributed by atoms with Crippen LogP contribution in [0.1, 0.15) is 36.6 Å². The van der Waals surface area contributed by atoms with E-state index in [1.165, 1.54) is 12.1 Å². The zero-order valence-corrected chi connectivity index (χ0v) is 13.6. The van der Waals surface area contributed by atoms with Gasteiger partial charge in [0.1, 0.15) is 11.5 Å². The third kappa shape index (κ3) is 3.30. The smallest absolute Gasteiger partial charge is 0.272 e. The van der Waals surface area contributed by atoms with Gasteiger partial charge in [-0.1, -0.05) is 47.6 Å². The van der Waals surface area contributed by atoms with Crippen LogP contribution in [0.25, 0.3) is 0 Å². The van der Waals surface area contributed by atoms with Crippen molar-refractivity contribution in [3.05, 3.63) is 71.5 Å². The molecule has 0 spiro atoms. The zero-order valence-electron chi connectivity index (χ0n) is 13.6. The van der Waals surface area contributed by atoms with Crippen molar-refractivity contribution in [3.63, 3.8) is 0 Å². The van der Waals surface area contributed by atoms with Gasteiger partial charge >= 0.3 is 0 Å². The van der Waals surface area contributed by atoms with Crippen molar-refractivity contribution in [2.75, 3.05) is 7.05 Å². The van der Waals surface area contributed by atoms with Gasteiger partial charge < -0.3 is 9.74 Å². The highest BCUT2D eigenvalue weighted by Gasteiger charge is 2.30. The minimum absolute atomic E-state index is 0.176. The second-order valence-corrected chi connectivity index (χ2v) is 5.89. The van der Waals surface area contributed by atoms with Gasteiger partial charge in [-0.05, 0) is 30.2 Å². The van der Waals surface area contributed by atoms with Crippen molar-refractivity contribution in [3.8, 4) is 0 Å². The Labute approximate surface area is 140 Å². The van der Waals surface area contributed by atoms with Gasteiger partial charge in [0.25, 0.3) is 5.91 Å². The molecule has 0 bridgehead atoms. The van der Waals surface area contributed by atoms with Crippen molar-refractivity contribution in [1.29, 1.82) is 0 Å². The largest absolute Gasteiger partial charge is 0.387 e. The summed E-state index contributed by atoms with van der Waals surface area (Å²) in [6.07, 6.45) is 0.225. The van der Waals surface area contributed by atoms with E-state index in [9.17, 15) is 9.18 Å². The molecule has 0 saturated heterocycles. The summed E-state index contributed by atoms with van der Waals surface area (Å²) in [6, 6.07) is 15.7. The molecule has 1 aliphatic heterocycles. The highest BCUT2D eigenvalue weighted by Crippen LogP contribution is 2.28. The Kier molecular flexibility index (Phi) is 4.60. The summed E-state index contributed by atoms with van der Waals surface area (Å²) in [5.74, 6) is -0.468. The van der Waals surface area contributed by atoms with Crippen LogP contribution in [0.4, 0.5) is 4.39 Å². The van der Waals surface area contributed by atoms with Crippen LogP contribution in [-0.4, -0.2) is 23.6 Å². The summed E-state index contributed by atoms with van der Waals surface area (Å²) < 4.78 is 13.0. The molecule has 5 heteroatoms. The lowest BCUT2D eigenvalue weighted by molar-refractivity contribution is -0.124. The van der Waals surface area contributed by atoms with Gasteiger partial charge in [0.05, 0.1) is 6.04 Å². The molecule has 124 valence electrons. The van der Waals surface area contributed by atoms with Gasteiger partial charge in [-0.3, -0.25) is 4.79 Å². The second kappa shape index (κ2) is 6.83. The van der Waals surface area contributed by atoms with E-state index >= 15 is 0 Å². The molecule has 4 nitrogen and oxygen atoms in total. The summed E-state index contributed by atoms with van der Waals surface area (Å²) >= 11 is 0. The van der Waals surface area contributed by atoms with Gasteiger partial charge in [0.2, 0.25) is 0 Å². The quantitative estimate of drug-likeness (QED) is 0.856. The molecule has 2 aromatic carbocycles. The van der Waals surface area contributed by atoms with Crippen molar-refractivity contribution in [2.24, 2.45) is 5.16 Å². The highest BCUT2D eigenvalue weighted by molar-refractivity contribution is 6.39. The predicted molar refractivity (Wildman–Crippen MR) is 89.9 cm³/mol. The predicted octanol–water partition coefficient (Wildman–Crippen LogP) is 3.86. The molecule has 3 rings (SSSR count). The molecule has 0 aromatic heterocycles. The maximum atomic E-state index is 13.0. The SMILES string of the molecule is C[C@H](c1ccc(F)cc1)N(C)C(=O)C1=NO[C@@H](c2ccccc2)C1. The number of rotatable bonds is 4. The standard InChI is InChI=1S/C19H19FN2O2/c1-13(14-8-10-16(20)11-9-14)22(2)19(23)17-12-18(24-21-17)15-6-4-3-5-7-15/h3-11,13,18H,12H2,1-2H3/t13-,18-/m1/s1. The molecule has 0 fully saturated rings. The molecule has 0 radical (unpaired) electrons. The minimum Gasteiger partial charge on any atom is -0.387 e. The van der Waals surface area contributed by atoms with Crippen LogP contribution in [0.15, 0.2) is 59.8 Å². The summed E-state index contributed by atoms with van der Waals surface area (Å²) in [4.78, 5) is 19.7. The lowest BCUT2D eigenvalue weighted by atomic mass is 10.0. The molecule has 24 heavy (non-hydrogen) atoms. The van der Waals surface area contributed by atoms with Crippen molar-refractivity contribution >= 4 is 11.6 Å². The van der Waals surface area contributed by atoms with Gasteiger partial charge in [-0.15, -0.1) is 0 Å². The highest BCUT2D eigenvalue weighted by atomic mass is 19.1. The topological polar surface area (TPSA) is 41.9 Å². The molecule has 1 amide bonds. The van der Waals surface area contributed by atoms with Gasteiger partial charge in [0, 0.05) is 13.5 Å². The van der Waals surface area contributed by atoms with E-state index in [-0.39, 0.29) is 23.9 Å². The molecular formula is C19H19FN2O2. The first kappa shape index (κ1) is 16.2. The van der Waals surface area contributed by atoms with Gasteiger partial charge in [-0.25, -0.2) is 4.39 Å². The Morgan fingerprint density at radius 3 is 2.54 bits per heavy atom. The van der Waals surface area contributed by atoms with Gasteiger partial charge in [-0.2, -0.15) is 0 Å². The number of benzene rings is 2. The molecule has 2 atom stereocenters. The summed E-state index contributed by atoms with van der Waals surface area (Å²) in [6.45, 7) is 1.90. The van der Waals surface area contributed by atoms with Crippen LogP contribution in [-0.2, 0) is 9.63 Å². The number of carbonyl (C=O) groups excluding carboxylic acids is 1.